The van der Waals surface area contributed by atoms with Gasteiger partial charge in [-0.25, -0.2) is 0 Å². The van der Waals surface area contributed by atoms with E-state index in [-0.39, 0.29) is 0 Å². The highest BCUT2D eigenvalue weighted by molar-refractivity contribution is 6.42. The molecule has 1 unspecified atom stereocenters. The molecule has 0 radical (unpaired) electrons. The van der Waals surface area contributed by atoms with E-state index in [4.69, 9.17) is 23.2 Å². The van der Waals surface area contributed by atoms with Gasteiger partial charge in [0.1, 0.15) is 0 Å². The van der Waals surface area contributed by atoms with E-state index in [1.165, 1.54) is 0 Å². The Bertz CT molecular complexity index is 368. The molecule has 0 saturated carbocycles. The van der Waals surface area contributed by atoms with Crippen LogP contribution in [-0.4, -0.2) is 30.6 Å². The van der Waals surface area contributed by atoms with Gasteiger partial charge in [-0.3, -0.25) is 4.90 Å². The van der Waals surface area contributed by atoms with Gasteiger partial charge in [0, 0.05) is 32.2 Å². The van der Waals surface area contributed by atoms with Crippen LogP contribution in [0.15, 0.2) is 18.2 Å². The molecule has 1 N–H and O–H groups in total. The van der Waals surface area contributed by atoms with Crippen LogP contribution >= 0.6 is 23.2 Å². The summed E-state index contributed by atoms with van der Waals surface area (Å²) in [5, 5.41) is 4.75. The fourth-order valence-corrected chi connectivity index (χ4v) is 2.45. The molecule has 4 heteroatoms. The molecular weight excluding hydrogens is 243 g/mol. The van der Waals surface area contributed by atoms with Crippen LogP contribution in [0.2, 0.25) is 10.0 Å². The topological polar surface area (TPSA) is 15.3 Å². The molecule has 0 aliphatic carbocycles. The van der Waals surface area contributed by atoms with Gasteiger partial charge < -0.3 is 5.32 Å². The minimum atomic E-state index is 0.548. The smallest absolute Gasteiger partial charge is 0.0637 e. The van der Waals surface area contributed by atoms with Gasteiger partial charge >= 0.3 is 0 Å². The first-order valence-electron chi connectivity index (χ1n) is 5.55. The third-order valence-electron chi connectivity index (χ3n) is 2.88. The Labute approximate surface area is 107 Å². The van der Waals surface area contributed by atoms with Crippen molar-refractivity contribution < 1.29 is 0 Å². The molecule has 1 heterocycles. The summed E-state index contributed by atoms with van der Waals surface area (Å²) in [6.45, 7) is 6.24. The minimum Gasteiger partial charge on any atom is -0.312 e. The van der Waals surface area contributed by atoms with Crippen molar-refractivity contribution in [2.45, 2.75) is 19.5 Å². The molecule has 0 amide bonds. The van der Waals surface area contributed by atoms with Crippen LogP contribution < -0.4 is 5.32 Å². The lowest BCUT2D eigenvalue weighted by molar-refractivity contribution is 0.200. The molecule has 1 aliphatic rings. The van der Waals surface area contributed by atoms with E-state index < -0.39 is 0 Å². The Kier molecular flexibility index (Phi) is 4.09. The lowest BCUT2D eigenvalue weighted by Gasteiger charge is -2.32. The number of nitrogens with one attached hydrogen (secondary N) is 1. The zero-order valence-corrected chi connectivity index (χ0v) is 10.9. The summed E-state index contributed by atoms with van der Waals surface area (Å²) < 4.78 is 0. The molecule has 1 saturated heterocycles. The van der Waals surface area contributed by atoms with E-state index in [0.29, 0.717) is 16.1 Å². The quantitative estimate of drug-likeness (QED) is 0.878. The average molecular weight is 259 g/mol. The number of nitrogens with zero attached hydrogens (tertiary/aromatic N) is 1. The van der Waals surface area contributed by atoms with E-state index in [1.807, 2.05) is 18.2 Å². The number of rotatable bonds is 2. The first-order valence-corrected chi connectivity index (χ1v) is 6.31. The maximum absolute atomic E-state index is 6.17. The van der Waals surface area contributed by atoms with Crippen LogP contribution in [-0.2, 0) is 6.54 Å². The zero-order valence-electron chi connectivity index (χ0n) is 9.34. The summed E-state index contributed by atoms with van der Waals surface area (Å²) in [5.41, 5.74) is 1.11. The second-order valence-electron chi connectivity index (χ2n) is 4.30. The van der Waals surface area contributed by atoms with Crippen molar-refractivity contribution in [2.24, 2.45) is 0 Å². The van der Waals surface area contributed by atoms with Crippen LogP contribution in [0.1, 0.15) is 12.5 Å². The second-order valence-corrected chi connectivity index (χ2v) is 5.09. The van der Waals surface area contributed by atoms with E-state index in [1.54, 1.807) is 0 Å². The highest BCUT2D eigenvalue weighted by atomic mass is 35.5. The molecular formula is C12H16Cl2N2. The molecule has 2 rings (SSSR count). The molecule has 0 spiro atoms. The average Bonchev–Trinajstić information content (AvgIpc) is 2.25. The zero-order chi connectivity index (χ0) is 11.5. The molecule has 0 bridgehead atoms. The fourth-order valence-electron chi connectivity index (χ4n) is 2.07. The molecule has 0 aromatic heterocycles. The summed E-state index contributed by atoms with van der Waals surface area (Å²) in [4.78, 5) is 2.40. The van der Waals surface area contributed by atoms with Gasteiger partial charge in [-0.1, -0.05) is 35.3 Å². The van der Waals surface area contributed by atoms with Gasteiger partial charge in [-0.15, -0.1) is 0 Å². The molecule has 1 atom stereocenters. The second kappa shape index (κ2) is 5.37. The van der Waals surface area contributed by atoms with Gasteiger partial charge in [0.05, 0.1) is 10.0 Å². The third kappa shape index (κ3) is 2.89. The van der Waals surface area contributed by atoms with Crippen molar-refractivity contribution in [3.63, 3.8) is 0 Å². The van der Waals surface area contributed by atoms with Crippen molar-refractivity contribution in [1.29, 1.82) is 0 Å². The van der Waals surface area contributed by atoms with Gasteiger partial charge in [0.2, 0.25) is 0 Å². The minimum absolute atomic E-state index is 0.548. The van der Waals surface area contributed by atoms with Crippen molar-refractivity contribution >= 4 is 23.2 Å². The molecule has 1 aromatic rings. The summed E-state index contributed by atoms with van der Waals surface area (Å²) >= 11 is 12.2. The highest BCUT2D eigenvalue weighted by Crippen LogP contribution is 2.26. The number of hydrogen-bond donors (Lipinski definition) is 1. The Morgan fingerprint density at radius 2 is 2.25 bits per heavy atom. The van der Waals surface area contributed by atoms with Gasteiger partial charge in [0.25, 0.3) is 0 Å². The van der Waals surface area contributed by atoms with Crippen molar-refractivity contribution in [2.75, 3.05) is 19.6 Å². The van der Waals surface area contributed by atoms with Gasteiger partial charge in [-0.2, -0.15) is 0 Å². The van der Waals surface area contributed by atoms with Crippen molar-refractivity contribution in [1.82, 2.24) is 10.2 Å². The largest absolute Gasteiger partial charge is 0.312 e. The Balaban J connectivity index is 2.05. The molecule has 1 aromatic carbocycles. The molecule has 1 aliphatic heterocycles. The van der Waals surface area contributed by atoms with E-state index in [0.717, 1.165) is 31.7 Å². The van der Waals surface area contributed by atoms with Crippen molar-refractivity contribution in [3.05, 3.63) is 33.8 Å². The lowest BCUT2D eigenvalue weighted by Crippen LogP contribution is -2.48. The number of hydrogen-bond acceptors (Lipinski definition) is 2. The molecule has 1 fully saturated rings. The molecule has 88 valence electrons. The van der Waals surface area contributed by atoms with Crippen LogP contribution in [0, 0.1) is 0 Å². The maximum Gasteiger partial charge on any atom is 0.0637 e. The summed E-state index contributed by atoms with van der Waals surface area (Å²) in [7, 11) is 0. The van der Waals surface area contributed by atoms with E-state index in [2.05, 4.69) is 17.1 Å². The first kappa shape index (κ1) is 12.2. The summed E-state index contributed by atoms with van der Waals surface area (Å²) in [6, 6.07) is 6.37. The van der Waals surface area contributed by atoms with Gasteiger partial charge in [0.15, 0.2) is 0 Å². The van der Waals surface area contributed by atoms with Crippen molar-refractivity contribution in [3.8, 4) is 0 Å². The van der Waals surface area contributed by atoms with E-state index >= 15 is 0 Å². The number of piperazine rings is 1. The SMILES string of the molecule is CC1CN(Cc2cccc(Cl)c2Cl)CCN1. The van der Waals surface area contributed by atoms with Crippen LogP contribution in [0.5, 0.6) is 0 Å². The maximum atomic E-state index is 6.17. The Hall–Kier alpha value is -0.280. The van der Waals surface area contributed by atoms with E-state index in [9.17, 15) is 0 Å². The molecule has 16 heavy (non-hydrogen) atoms. The number of benzene rings is 1. The predicted molar refractivity (Wildman–Crippen MR) is 69.2 cm³/mol. The highest BCUT2D eigenvalue weighted by Gasteiger charge is 2.16. The number of halogens is 2. The molecule has 2 nitrogen and oxygen atoms in total. The van der Waals surface area contributed by atoms with Crippen LogP contribution in [0.3, 0.4) is 0 Å². The first-order chi connectivity index (χ1) is 7.66. The predicted octanol–water partition coefficient (Wildman–Crippen LogP) is 2.79. The monoisotopic (exact) mass is 258 g/mol. The Morgan fingerprint density at radius 3 is 3.00 bits per heavy atom. The Morgan fingerprint density at radius 1 is 1.44 bits per heavy atom. The standard InChI is InChI=1S/C12H16Cl2N2/c1-9-7-16(6-5-15-9)8-10-3-2-4-11(13)12(10)14/h2-4,9,15H,5-8H2,1H3. The fraction of sp³-hybridized carbons (Fsp3) is 0.500. The normalized spacial score (nSPS) is 22.3. The summed E-state index contributed by atoms with van der Waals surface area (Å²) in [6.07, 6.45) is 0. The lowest BCUT2D eigenvalue weighted by atomic mass is 10.1. The summed E-state index contributed by atoms with van der Waals surface area (Å²) in [5.74, 6) is 0. The van der Waals surface area contributed by atoms with Crippen LogP contribution in [0.25, 0.3) is 0 Å². The third-order valence-corrected chi connectivity index (χ3v) is 3.74. The van der Waals surface area contributed by atoms with Gasteiger partial charge in [-0.05, 0) is 18.6 Å². The van der Waals surface area contributed by atoms with Crippen LogP contribution in [0.4, 0.5) is 0 Å².